The lowest BCUT2D eigenvalue weighted by atomic mass is 9.93. The number of guanidine groups is 1. The van der Waals surface area contributed by atoms with Crippen molar-refractivity contribution in [1.29, 1.82) is 0 Å². The fourth-order valence-corrected chi connectivity index (χ4v) is 3.97. The number of imidazole rings is 1. The van der Waals surface area contributed by atoms with Gasteiger partial charge in [0.2, 0.25) is 5.88 Å². The molecule has 1 aliphatic rings. The number of hydrogen-bond acceptors (Lipinski definition) is 5. The first kappa shape index (κ1) is 21.7. The summed E-state index contributed by atoms with van der Waals surface area (Å²) in [6.07, 6.45) is 8.72. The number of benzene rings is 1. The SMILES string of the molecule is CN=C(NCc1ccc(Oc2cccc(OC)c2)nc1)N1CCC(C)C(n2ccnc2)C1. The number of nitrogens with one attached hydrogen (secondary N) is 1. The molecule has 0 amide bonds. The Kier molecular flexibility index (Phi) is 6.89. The fraction of sp³-hybridized carbons (Fsp3) is 0.375. The Bertz CT molecular complexity index is 1020. The van der Waals surface area contributed by atoms with Crippen molar-refractivity contribution in [3.8, 4) is 17.4 Å². The molecule has 3 aromatic rings. The number of hydrogen-bond donors (Lipinski definition) is 1. The molecular formula is C24H30N6O2. The van der Waals surface area contributed by atoms with Gasteiger partial charge >= 0.3 is 0 Å². The van der Waals surface area contributed by atoms with Crippen LogP contribution >= 0.6 is 0 Å². The number of rotatable bonds is 6. The van der Waals surface area contributed by atoms with Crippen molar-refractivity contribution in [2.24, 2.45) is 10.9 Å². The maximum absolute atomic E-state index is 5.82. The van der Waals surface area contributed by atoms with Crippen LogP contribution < -0.4 is 14.8 Å². The van der Waals surface area contributed by atoms with E-state index in [0.717, 1.165) is 36.8 Å². The van der Waals surface area contributed by atoms with Gasteiger partial charge < -0.3 is 24.3 Å². The van der Waals surface area contributed by atoms with Gasteiger partial charge in [-0.15, -0.1) is 0 Å². The van der Waals surface area contributed by atoms with Gasteiger partial charge in [-0.2, -0.15) is 0 Å². The Morgan fingerprint density at radius 3 is 2.84 bits per heavy atom. The summed E-state index contributed by atoms with van der Waals surface area (Å²) in [5, 5.41) is 3.47. The lowest BCUT2D eigenvalue weighted by Gasteiger charge is -2.39. The van der Waals surface area contributed by atoms with Crippen LogP contribution in [0.15, 0.2) is 66.3 Å². The van der Waals surface area contributed by atoms with Crippen LogP contribution in [0.1, 0.15) is 24.9 Å². The largest absolute Gasteiger partial charge is 0.497 e. The monoisotopic (exact) mass is 434 g/mol. The van der Waals surface area contributed by atoms with E-state index >= 15 is 0 Å². The second kappa shape index (κ2) is 10.2. The van der Waals surface area contributed by atoms with Crippen LogP contribution in [0.5, 0.6) is 17.4 Å². The number of piperidine rings is 1. The quantitative estimate of drug-likeness (QED) is 0.471. The summed E-state index contributed by atoms with van der Waals surface area (Å²) in [5.74, 6) is 3.48. The minimum atomic E-state index is 0.388. The summed E-state index contributed by atoms with van der Waals surface area (Å²) in [7, 11) is 3.46. The highest BCUT2D eigenvalue weighted by atomic mass is 16.5. The predicted molar refractivity (Wildman–Crippen MR) is 124 cm³/mol. The molecule has 8 heteroatoms. The number of nitrogens with zero attached hydrogens (tertiary/aromatic N) is 5. The third-order valence-corrected chi connectivity index (χ3v) is 5.85. The lowest BCUT2D eigenvalue weighted by molar-refractivity contribution is 0.189. The molecule has 8 nitrogen and oxygen atoms in total. The van der Waals surface area contributed by atoms with Crippen LogP contribution in [0.3, 0.4) is 0 Å². The molecular weight excluding hydrogens is 404 g/mol. The molecule has 4 rings (SSSR count). The summed E-state index contributed by atoms with van der Waals surface area (Å²) in [4.78, 5) is 15.5. The van der Waals surface area contributed by atoms with Crippen molar-refractivity contribution < 1.29 is 9.47 Å². The molecule has 168 valence electrons. The predicted octanol–water partition coefficient (Wildman–Crippen LogP) is 3.74. The van der Waals surface area contributed by atoms with Gasteiger partial charge in [-0.05, 0) is 30.0 Å². The first-order valence-electron chi connectivity index (χ1n) is 10.9. The molecule has 32 heavy (non-hydrogen) atoms. The summed E-state index contributed by atoms with van der Waals surface area (Å²) >= 11 is 0. The van der Waals surface area contributed by atoms with Gasteiger partial charge in [0.1, 0.15) is 11.5 Å². The van der Waals surface area contributed by atoms with Gasteiger partial charge in [-0.25, -0.2) is 9.97 Å². The molecule has 1 N–H and O–H groups in total. The van der Waals surface area contributed by atoms with Crippen LogP contribution in [0.25, 0.3) is 0 Å². The van der Waals surface area contributed by atoms with E-state index < -0.39 is 0 Å². The maximum atomic E-state index is 5.82. The van der Waals surface area contributed by atoms with Gasteiger partial charge in [0.25, 0.3) is 0 Å². The molecule has 1 fully saturated rings. The number of aliphatic imine (C=N–C) groups is 1. The van der Waals surface area contributed by atoms with Crippen molar-refractivity contribution in [3.05, 3.63) is 66.9 Å². The van der Waals surface area contributed by atoms with Crippen molar-refractivity contribution in [2.75, 3.05) is 27.2 Å². The van der Waals surface area contributed by atoms with Crippen LogP contribution in [0.2, 0.25) is 0 Å². The number of aromatic nitrogens is 3. The average Bonchev–Trinajstić information content (AvgIpc) is 3.36. The third-order valence-electron chi connectivity index (χ3n) is 5.85. The van der Waals surface area contributed by atoms with Crippen molar-refractivity contribution in [1.82, 2.24) is 24.8 Å². The fourth-order valence-electron chi connectivity index (χ4n) is 3.97. The van der Waals surface area contributed by atoms with E-state index in [1.807, 2.05) is 68.4 Å². The highest BCUT2D eigenvalue weighted by Gasteiger charge is 2.28. The van der Waals surface area contributed by atoms with Crippen LogP contribution in [0.4, 0.5) is 0 Å². The molecule has 0 radical (unpaired) electrons. The van der Waals surface area contributed by atoms with Crippen LogP contribution in [-0.2, 0) is 6.54 Å². The van der Waals surface area contributed by atoms with E-state index in [4.69, 9.17) is 9.47 Å². The summed E-state index contributed by atoms with van der Waals surface area (Å²) in [6.45, 7) is 4.83. The molecule has 2 atom stereocenters. The standard InChI is InChI=1S/C24H30N6O2/c1-18-9-11-29(16-22(18)30-12-10-26-17-30)24(25-2)28-15-19-7-8-23(27-14-19)32-21-6-4-5-20(13-21)31-3/h4-8,10,12-14,17-18,22H,9,11,15-16H2,1-3H3,(H,25,28). The van der Waals surface area contributed by atoms with Gasteiger partial charge in [0.05, 0.1) is 19.5 Å². The lowest BCUT2D eigenvalue weighted by Crippen LogP contribution is -2.48. The van der Waals surface area contributed by atoms with E-state index in [9.17, 15) is 0 Å². The molecule has 0 spiro atoms. The first-order chi connectivity index (χ1) is 15.7. The van der Waals surface area contributed by atoms with Gasteiger partial charge in [-0.1, -0.05) is 19.1 Å². The molecule has 1 aromatic carbocycles. The smallest absolute Gasteiger partial charge is 0.219 e. The van der Waals surface area contributed by atoms with E-state index in [2.05, 4.69) is 36.7 Å². The molecule has 3 heterocycles. The summed E-state index contributed by atoms with van der Waals surface area (Å²) in [6, 6.07) is 11.7. The molecule has 2 unspecified atom stereocenters. The topological polar surface area (TPSA) is 76.8 Å². The van der Waals surface area contributed by atoms with E-state index in [1.165, 1.54) is 0 Å². The Morgan fingerprint density at radius 1 is 1.25 bits per heavy atom. The Morgan fingerprint density at radius 2 is 2.12 bits per heavy atom. The van der Waals surface area contributed by atoms with Crippen molar-refractivity contribution >= 4 is 5.96 Å². The van der Waals surface area contributed by atoms with Gasteiger partial charge in [0.15, 0.2) is 5.96 Å². The zero-order valence-electron chi connectivity index (χ0n) is 18.8. The second-order valence-electron chi connectivity index (χ2n) is 7.98. The van der Waals surface area contributed by atoms with Crippen LogP contribution in [0, 0.1) is 5.92 Å². The molecule has 1 saturated heterocycles. The number of pyridine rings is 1. The normalized spacial score (nSPS) is 19.0. The number of methoxy groups -OCH3 is 1. The molecule has 2 aromatic heterocycles. The van der Waals surface area contributed by atoms with E-state index in [1.54, 1.807) is 7.11 Å². The summed E-state index contributed by atoms with van der Waals surface area (Å²) in [5.41, 5.74) is 1.06. The minimum absolute atomic E-state index is 0.388. The summed E-state index contributed by atoms with van der Waals surface area (Å²) < 4.78 is 13.3. The molecule has 0 aliphatic carbocycles. The first-order valence-corrected chi connectivity index (χ1v) is 10.9. The van der Waals surface area contributed by atoms with Gasteiger partial charge in [0, 0.05) is 57.4 Å². The van der Waals surface area contributed by atoms with Crippen molar-refractivity contribution in [3.63, 3.8) is 0 Å². The average molecular weight is 435 g/mol. The van der Waals surface area contributed by atoms with Crippen LogP contribution in [-0.4, -0.2) is 52.6 Å². The second-order valence-corrected chi connectivity index (χ2v) is 7.98. The van der Waals surface area contributed by atoms with E-state index in [0.29, 0.717) is 30.1 Å². The molecule has 1 aliphatic heterocycles. The third kappa shape index (κ3) is 5.19. The van der Waals surface area contributed by atoms with Gasteiger partial charge in [-0.3, -0.25) is 4.99 Å². The van der Waals surface area contributed by atoms with E-state index in [-0.39, 0.29) is 0 Å². The highest BCUT2D eigenvalue weighted by molar-refractivity contribution is 5.80. The number of likely N-dealkylation sites (tertiary alicyclic amines) is 1. The zero-order chi connectivity index (χ0) is 22.3. The molecule has 0 bridgehead atoms. The highest BCUT2D eigenvalue weighted by Crippen LogP contribution is 2.27. The minimum Gasteiger partial charge on any atom is -0.497 e. The number of ether oxygens (including phenoxy) is 2. The Labute approximate surface area is 188 Å². The molecule has 0 saturated carbocycles. The Hall–Kier alpha value is -3.55. The maximum Gasteiger partial charge on any atom is 0.219 e. The Balaban J connectivity index is 1.34. The zero-order valence-corrected chi connectivity index (χ0v) is 18.8. The van der Waals surface area contributed by atoms with Crippen molar-refractivity contribution in [2.45, 2.75) is 25.9 Å².